The molecule has 1 atom stereocenters. The average molecular weight is 365 g/mol. The number of Topliss-reactive ketones (excluding diaryl/α,β-unsaturated/α-hetero) is 1. The maximum absolute atomic E-state index is 11.9. The molecule has 0 aliphatic heterocycles. The highest BCUT2D eigenvalue weighted by atomic mass is 32.1. The molecule has 1 amide bonds. The Morgan fingerprint density at radius 2 is 2.00 bits per heavy atom. The van der Waals surface area contributed by atoms with Crippen LogP contribution < -0.4 is 5.32 Å². The predicted molar refractivity (Wildman–Crippen MR) is 94.3 cm³/mol. The van der Waals surface area contributed by atoms with Crippen molar-refractivity contribution in [1.29, 1.82) is 0 Å². The molecule has 24 heavy (non-hydrogen) atoms. The van der Waals surface area contributed by atoms with E-state index in [9.17, 15) is 14.4 Å². The molecule has 0 aromatic carbocycles. The largest absolute Gasteiger partial charge is 0.453 e. The number of rotatable bonds is 8. The highest BCUT2D eigenvalue weighted by Gasteiger charge is 2.19. The van der Waals surface area contributed by atoms with Crippen LogP contribution in [0.1, 0.15) is 39.2 Å². The summed E-state index contributed by atoms with van der Waals surface area (Å²) in [5.74, 6) is -0.979. The Kier molecular flexibility index (Phi) is 6.69. The molecule has 0 aliphatic rings. The van der Waals surface area contributed by atoms with Crippen LogP contribution in [0.3, 0.4) is 0 Å². The van der Waals surface area contributed by atoms with Crippen molar-refractivity contribution in [2.45, 2.75) is 39.3 Å². The summed E-state index contributed by atoms with van der Waals surface area (Å²) >= 11 is 2.95. The van der Waals surface area contributed by atoms with Gasteiger partial charge in [0.15, 0.2) is 11.9 Å². The van der Waals surface area contributed by atoms with Gasteiger partial charge in [0.25, 0.3) is 5.91 Å². The second-order valence-corrected chi connectivity index (χ2v) is 7.58. The normalized spacial score (nSPS) is 11.8. The molecule has 0 bridgehead atoms. The number of carbonyl (C=O) groups excluding carboxylic acids is 3. The molecule has 0 radical (unpaired) electrons. The monoisotopic (exact) mass is 365 g/mol. The predicted octanol–water partition coefficient (Wildman–Crippen LogP) is 3.33. The van der Waals surface area contributed by atoms with Gasteiger partial charge in [-0.15, -0.1) is 22.7 Å². The number of esters is 1. The number of hydrogen-bond acceptors (Lipinski definition) is 6. The molecule has 0 unspecified atom stereocenters. The maximum Gasteiger partial charge on any atom is 0.307 e. The Labute approximate surface area is 148 Å². The highest BCUT2D eigenvalue weighted by Crippen LogP contribution is 2.17. The molecule has 1 N–H and O–H groups in total. The van der Waals surface area contributed by atoms with Crippen LogP contribution in [-0.4, -0.2) is 23.8 Å². The first-order valence-corrected chi connectivity index (χ1v) is 9.24. The summed E-state index contributed by atoms with van der Waals surface area (Å²) in [4.78, 5) is 38.3. The Morgan fingerprint density at radius 3 is 2.62 bits per heavy atom. The van der Waals surface area contributed by atoms with Crippen LogP contribution >= 0.6 is 22.7 Å². The lowest BCUT2D eigenvalue weighted by Gasteiger charge is -2.13. The quantitative estimate of drug-likeness (QED) is 0.575. The lowest BCUT2D eigenvalue weighted by Crippen LogP contribution is -2.35. The lowest BCUT2D eigenvalue weighted by molar-refractivity contribution is -0.154. The van der Waals surface area contributed by atoms with E-state index in [2.05, 4.69) is 5.32 Å². The number of thiophene rings is 2. The Morgan fingerprint density at radius 1 is 1.21 bits per heavy atom. The van der Waals surface area contributed by atoms with Crippen molar-refractivity contribution in [3.8, 4) is 0 Å². The summed E-state index contributed by atoms with van der Waals surface area (Å²) in [5.41, 5.74) is 0. The van der Waals surface area contributed by atoms with E-state index in [0.717, 1.165) is 9.75 Å². The average Bonchev–Trinajstić information content (AvgIpc) is 3.21. The molecular formula is C17H19NO4S2. The zero-order chi connectivity index (χ0) is 17.5. The van der Waals surface area contributed by atoms with Crippen molar-refractivity contribution >= 4 is 40.3 Å². The Bertz CT molecular complexity index is 706. The first-order valence-electron chi connectivity index (χ1n) is 7.55. The van der Waals surface area contributed by atoms with Gasteiger partial charge >= 0.3 is 5.97 Å². The molecule has 128 valence electrons. The van der Waals surface area contributed by atoms with Crippen molar-refractivity contribution in [2.75, 3.05) is 0 Å². The molecule has 0 saturated heterocycles. The summed E-state index contributed by atoms with van der Waals surface area (Å²) < 4.78 is 5.08. The van der Waals surface area contributed by atoms with Crippen LogP contribution in [0.5, 0.6) is 0 Å². The molecule has 0 spiro atoms. The standard InChI is InChI=1S/C17H19NO4S2/c1-11-5-7-15(24-11)14(19)6-8-16(20)22-12(2)17(21)18-10-13-4-3-9-23-13/h3-5,7,9,12H,6,8,10H2,1-2H3,(H,18,21)/t12-/m0/s1. The fraction of sp³-hybridized carbons (Fsp3) is 0.353. The lowest BCUT2D eigenvalue weighted by atomic mass is 10.2. The minimum atomic E-state index is -0.878. The van der Waals surface area contributed by atoms with E-state index < -0.39 is 12.1 Å². The zero-order valence-corrected chi connectivity index (χ0v) is 15.2. The number of ether oxygens (including phenoxy) is 1. The van der Waals surface area contributed by atoms with Gasteiger partial charge in [-0.1, -0.05) is 6.07 Å². The van der Waals surface area contributed by atoms with E-state index in [1.807, 2.05) is 30.5 Å². The van der Waals surface area contributed by atoms with Crippen molar-refractivity contribution in [1.82, 2.24) is 5.32 Å². The summed E-state index contributed by atoms with van der Waals surface area (Å²) in [6.07, 6.45) is -0.822. The SMILES string of the molecule is Cc1ccc(C(=O)CCC(=O)O[C@@H](C)C(=O)NCc2cccs2)s1. The highest BCUT2D eigenvalue weighted by molar-refractivity contribution is 7.14. The molecule has 5 nitrogen and oxygen atoms in total. The number of ketones is 1. The number of carbonyl (C=O) groups is 3. The van der Waals surface area contributed by atoms with Crippen LogP contribution in [0, 0.1) is 6.92 Å². The van der Waals surface area contributed by atoms with Gasteiger partial charge in [0, 0.05) is 16.2 Å². The van der Waals surface area contributed by atoms with Gasteiger partial charge in [0.2, 0.25) is 0 Å². The molecular weight excluding hydrogens is 346 g/mol. The summed E-state index contributed by atoms with van der Waals surface area (Å²) in [5, 5.41) is 4.64. The van der Waals surface area contributed by atoms with Crippen LogP contribution in [0.4, 0.5) is 0 Å². The van der Waals surface area contributed by atoms with E-state index >= 15 is 0 Å². The van der Waals surface area contributed by atoms with Crippen LogP contribution in [0.2, 0.25) is 0 Å². The minimum Gasteiger partial charge on any atom is -0.453 e. The Balaban J connectivity index is 1.70. The van der Waals surface area contributed by atoms with E-state index in [4.69, 9.17) is 4.74 Å². The van der Waals surface area contributed by atoms with E-state index in [1.54, 1.807) is 17.4 Å². The van der Waals surface area contributed by atoms with Gasteiger partial charge < -0.3 is 10.1 Å². The summed E-state index contributed by atoms with van der Waals surface area (Å²) in [7, 11) is 0. The van der Waals surface area contributed by atoms with Gasteiger partial charge in [-0.25, -0.2) is 0 Å². The molecule has 0 fully saturated rings. The third-order valence-electron chi connectivity index (χ3n) is 3.27. The fourth-order valence-electron chi connectivity index (χ4n) is 1.96. The number of hydrogen-bond donors (Lipinski definition) is 1. The second kappa shape index (κ2) is 8.75. The number of aryl methyl sites for hydroxylation is 1. The number of nitrogens with one attached hydrogen (secondary N) is 1. The van der Waals surface area contributed by atoms with E-state index in [-0.39, 0.29) is 24.5 Å². The molecule has 0 aliphatic carbocycles. The van der Waals surface area contributed by atoms with Crippen molar-refractivity contribution in [2.24, 2.45) is 0 Å². The van der Waals surface area contributed by atoms with Crippen molar-refractivity contribution < 1.29 is 19.1 Å². The zero-order valence-electron chi connectivity index (χ0n) is 13.5. The molecule has 0 saturated carbocycles. The van der Waals surface area contributed by atoms with Gasteiger partial charge in [-0.3, -0.25) is 14.4 Å². The van der Waals surface area contributed by atoms with E-state index in [1.165, 1.54) is 18.3 Å². The van der Waals surface area contributed by atoms with Crippen LogP contribution in [0.15, 0.2) is 29.6 Å². The molecule has 2 aromatic rings. The fourth-order valence-corrected chi connectivity index (χ4v) is 3.44. The van der Waals surface area contributed by atoms with Crippen LogP contribution in [0.25, 0.3) is 0 Å². The number of amides is 1. The third-order valence-corrected chi connectivity index (χ3v) is 5.18. The van der Waals surface area contributed by atoms with Gasteiger partial charge in [0.1, 0.15) is 0 Å². The summed E-state index contributed by atoms with van der Waals surface area (Å²) in [6.45, 7) is 3.85. The topological polar surface area (TPSA) is 72.5 Å². The van der Waals surface area contributed by atoms with E-state index in [0.29, 0.717) is 11.4 Å². The maximum atomic E-state index is 11.9. The molecule has 2 rings (SSSR count). The summed E-state index contributed by atoms with van der Waals surface area (Å²) in [6, 6.07) is 7.45. The minimum absolute atomic E-state index is 0.0294. The first-order chi connectivity index (χ1) is 11.5. The smallest absolute Gasteiger partial charge is 0.307 e. The Hall–Kier alpha value is -1.99. The molecule has 7 heteroatoms. The third kappa shape index (κ3) is 5.58. The first kappa shape index (κ1) is 18.4. The van der Waals surface area contributed by atoms with Crippen molar-refractivity contribution in [3.63, 3.8) is 0 Å². The molecule has 2 heterocycles. The van der Waals surface area contributed by atoms with Gasteiger partial charge in [-0.05, 0) is 37.4 Å². The van der Waals surface area contributed by atoms with Crippen molar-refractivity contribution in [3.05, 3.63) is 44.3 Å². The molecule has 2 aromatic heterocycles. The van der Waals surface area contributed by atoms with Gasteiger partial charge in [-0.2, -0.15) is 0 Å². The van der Waals surface area contributed by atoms with Gasteiger partial charge in [0.05, 0.1) is 17.8 Å². The second-order valence-electron chi connectivity index (χ2n) is 5.26. The van der Waals surface area contributed by atoms with Crippen LogP contribution in [-0.2, 0) is 20.9 Å².